The number of benzene rings is 1. The van der Waals surface area contributed by atoms with Gasteiger partial charge in [-0.15, -0.1) is 0 Å². The number of hydrogen-bond acceptors (Lipinski definition) is 5. The van der Waals surface area contributed by atoms with Crippen molar-refractivity contribution in [1.82, 2.24) is 10.2 Å². The minimum atomic E-state index is -3.57. The number of carbonyl (C=O) groups excluding carboxylic acids is 1. The molecular formula is C18H29N3O4S. The Labute approximate surface area is 156 Å². The van der Waals surface area contributed by atoms with Crippen LogP contribution < -0.4 is 9.62 Å². The first kappa shape index (κ1) is 20.7. The van der Waals surface area contributed by atoms with Crippen molar-refractivity contribution in [2.24, 2.45) is 0 Å². The van der Waals surface area contributed by atoms with E-state index in [1.807, 2.05) is 19.1 Å². The number of nitrogens with zero attached hydrogens (tertiary/aromatic N) is 2. The average molecular weight is 384 g/mol. The summed E-state index contributed by atoms with van der Waals surface area (Å²) in [6.07, 6.45) is 1.94. The molecule has 8 heteroatoms. The summed E-state index contributed by atoms with van der Waals surface area (Å²) in [5.41, 5.74) is 1.52. The van der Waals surface area contributed by atoms with Crippen LogP contribution in [-0.2, 0) is 19.6 Å². The van der Waals surface area contributed by atoms with Gasteiger partial charge in [0, 0.05) is 19.6 Å². The molecule has 1 saturated heterocycles. The monoisotopic (exact) mass is 383 g/mol. The standard InChI is InChI=1S/C18H29N3O4S/c1-15-5-7-17(8-6-15)21(26(3,23)24)16(2)18(22)19-9-4-10-20-11-13-25-14-12-20/h5-8,16H,4,9-14H2,1-3H3,(H,19,22)/t16-/m0/s1. The van der Waals surface area contributed by atoms with Crippen molar-refractivity contribution < 1.29 is 17.9 Å². The van der Waals surface area contributed by atoms with Crippen LogP contribution in [0.4, 0.5) is 5.69 Å². The van der Waals surface area contributed by atoms with Crippen molar-refractivity contribution in [1.29, 1.82) is 0 Å². The van der Waals surface area contributed by atoms with Gasteiger partial charge < -0.3 is 10.1 Å². The van der Waals surface area contributed by atoms with Crippen LogP contribution in [0, 0.1) is 6.92 Å². The zero-order valence-electron chi connectivity index (χ0n) is 15.8. The topological polar surface area (TPSA) is 79.0 Å². The Hall–Kier alpha value is -1.64. The quantitative estimate of drug-likeness (QED) is 0.677. The summed E-state index contributed by atoms with van der Waals surface area (Å²) in [7, 11) is -3.57. The number of aryl methyl sites for hydroxylation is 1. The predicted molar refractivity (Wildman–Crippen MR) is 103 cm³/mol. The van der Waals surface area contributed by atoms with Crippen LogP contribution in [0.3, 0.4) is 0 Å². The smallest absolute Gasteiger partial charge is 0.243 e. The summed E-state index contributed by atoms with van der Waals surface area (Å²) in [6.45, 7) is 8.29. The molecule has 0 saturated carbocycles. The van der Waals surface area contributed by atoms with Crippen LogP contribution in [0.5, 0.6) is 0 Å². The van der Waals surface area contributed by atoms with Gasteiger partial charge in [-0.3, -0.25) is 14.0 Å². The molecule has 1 atom stereocenters. The van der Waals surface area contributed by atoms with E-state index in [9.17, 15) is 13.2 Å². The normalized spacial score (nSPS) is 16.9. The molecule has 26 heavy (non-hydrogen) atoms. The molecule has 1 amide bonds. The van der Waals surface area contributed by atoms with E-state index in [0.29, 0.717) is 12.2 Å². The first-order chi connectivity index (χ1) is 12.3. The number of hydrogen-bond donors (Lipinski definition) is 1. The van der Waals surface area contributed by atoms with E-state index in [-0.39, 0.29) is 5.91 Å². The highest BCUT2D eigenvalue weighted by atomic mass is 32.2. The number of morpholine rings is 1. The van der Waals surface area contributed by atoms with Gasteiger partial charge in [-0.2, -0.15) is 0 Å². The third-order valence-corrected chi connectivity index (χ3v) is 5.67. The van der Waals surface area contributed by atoms with Crippen LogP contribution in [0.2, 0.25) is 0 Å². The van der Waals surface area contributed by atoms with Crippen molar-refractivity contribution in [3.63, 3.8) is 0 Å². The fourth-order valence-electron chi connectivity index (χ4n) is 2.99. The first-order valence-corrected chi connectivity index (χ1v) is 10.8. The summed E-state index contributed by atoms with van der Waals surface area (Å²) in [4.78, 5) is 14.8. The third-order valence-electron chi connectivity index (χ3n) is 4.43. The summed E-state index contributed by atoms with van der Waals surface area (Å²) in [5.74, 6) is -0.294. The summed E-state index contributed by atoms with van der Waals surface area (Å²) >= 11 is 0. The molecule has 0 aromatic heterocycles. The number of sulfonamides is 1. The SMILES string of the molecule is Cc1ccc(N([C@@H](C)C(=O)NCCCN2CCOCC2)S(C)(=O)=O)cc1. The minimum Gasteiger partial charge on any atom is -0.379 e. The highest BCUT2D eigenvalue weighted by Crippen LogP contribution is 2.21. The van der Waals surface area contributed by atoms with Gasteiger partial charge in [-0.25, -0.2) is 8.42 Å². The molecule has 1 aromatic carbocycles. The van der Waals surface area contributed by atoms with Gasteiger partial charge in [0.25, 0.3) is 0 Å². The maximum Gasteiger partial charge on any atom is 0.243 e. The Bertz CT molecular complexity index is 685. The summed E-state index contributed by atoms with van der Waals surface area (Å²) in [6, 6.07) is 6.30. The molecular weight excluding hydrogens is 354 g/mol. The zero-order valence-corrected chi connectivity index (χ0v) is 16.6. The zero-order chi connectivity index (χ0) is 19.2. The lowest BCUT2D eigenvalue weighted by Gasteiger charge is -2.29. The lowest BCUT2D eigenvalue weighted by atomic mass is 10.2. The Morgan fingerprint density at radius 2 is 1.88 bits per heavy atom. The second-order valence-electron chi connectivity index (χ2n) is 6.67. The second-order valence-corrected chi connectivity index (χ2v) is 8.53. The van der Waals surface area contributed by atoms with E-state index in [0.717, 1.165) is 51.1 Å². The van der Waals surface area contributed by atoms with Crippen LogP contribution >= 0.6 is 0 Å². The number of ether oxygens (including phenoxy) is 1. The van der Waals surface area contributed by atoms with Gasteiger partial charge in [0.05, 0.1) is 25.2 Å². The number of nitrogens with one attached hydrogen (secondary N) is 1. The Kier molecular flexibility index (Phi) is 7.43. The van der Waals surface area contributed by atoms with Gasteiger partial charge in [0.2, 0.25) is 15.9 Å². The fourth-order valence-corrected chi connectivity index (χ4v) is 4.16. The van der Waals surface area contributed by atoms with Crippen LogP contribution in [0.15, 0.2) is 24.3 Å². The molecule has 0 bridgehead atoms. The molecule has 146 valence electrons. The first-order valence-electron chi connectivity index (χ1n) is 8.93. The van der Waals surface area contributed by atoms with E-state index in [2.05, 4.69) is 10.2 Å². The molecule has 1 N–H and O–H groups in total. The molecule has 2 rings (SSSR count). The van der Waals surface area contributed by atoms with E-state index < -0.39 is 16.1 Å². The molecule has 1 fully saturated rings. The van der Waals surface area contributed by atoms with Gasteiger partial charge >= 0.3 is 0 Å². The average Bonchev–Trinajstić information content (AvgIpc) is 2.60. The van der Waals surface area contributed by atoms with Crippen molar-refractivity contribution in [3.05, 3.63) is 29.8 Å². The molecule has 1 aromatic rings. The third kappa shape index (κ3) is 5.96. The van der Waals surface area contributed by atoms with Crippen LogP contribution in [-0.4, -0.2) is 70.9 Å². The molecule has 1 aliphatic heterocycles. The van der Waals surface area contributed by atoms with Crippen LogP contribution in [0.1, 0.15) is 18.9 Å². The molecule has 0 unspecified atom stereocenters. The van der Waals surface area contributed by atoms with Crippen molar-refractivity contribution in [3.8, 4) is 0 Å². The molecule has 0 spiro atoms. The van der Waals surface area contributed by atoms with Crippen molar-refractivity contribution >= 4 is 21.6 Å². The number of anilines is 1. The molecule has 0 aliphatic carbocycles. The van der Waals surface area contributed by atoms with Crippen LogP contribution in [0.25, 0.3) is 0 Å². The summed E-state index contributed by atoms with van der Waals surface area (Å²) < 4.78 is 30.9. The molecule has 1 aliphatic rings. The Morgan fingerprint density at radius 3 is 2.46 bits per heavy atom. The van der Waals surface area contributed by atoms with E-state index in [1.165, 1.54) is 4.31 Å². The molecule has 0 radical (unpaired) electrons. The molecule has 7 nitrogen and oxygen atoms in total. The fraction of sp³-hybridized carbons (Fsp3) is 0.611. The van der Waals surface area contributed by atoms with Crippen molar-refractivity contribution in [2.45, 2.75) is 26.3 Å². The maximum atomic E-state index is 12.5. The maximum absolute atomic E-state index is 12.5. The van der Waals surface area contributed by atoms with Gasteiger partial charge in [0.1, 0.15) is 6.04 Å². The van der Waals surface area contributed by atoms with Gasteiger partial charge in [-0.1, -0.05) is 17.7 Å². The van der Waals surface area contributed by atoms with Crippen molar-refractivity contribution in [2.75, 3.05) is 50.0 Å². The van der Waals surface area contributed by atoms with E-state index in [4.69, 9.17) is 4.74 Å². The second kappa shape index (κ2) is 9.34. The summed E-state index contributed by atoms with van der Waals surface area (Å²) in [5, 5.41) is 2.85. The van der Waals surface area contributed by atoms with E-state index in [1.54, 1.807) is 19.1 Å². The van der Waals surface area contributed by atoms with Gasteiger partial charge in [0.15, 0.2) is 0 Å². The van der Waals surface area contributed by atoms with E-state index >= 15 is 0 Å². The molecule has 1 heterocycles. The lowest BCUT2D eigenvalue weighted by molar-refractivity contribution is -0.121. The largest absolute Gasteiger partial charge is 0.379 e. The minimum absolute atomic E-state index is 0.294. The number of rotatable bonds is 8. The highest BCUT2D eigenvalue weighted by molar-refractivity contribution is 7.92. The Balaban J connectivity index is 1.91. The predicted octanol–water partition coefficient (Wildman–Crippen LogP) is 0.988. The number of carbonyl (C=O) groups is 1. The van der Waals surface area contributed by atoms with Gasteiger partial charge in [-0.05, 0) is 38.9 Å². The number of amides is 1. The lowest BCUT2D eigenvalue weighted by Crippen LogP contribution is -2.48. The highest BCUT2D eigenvalue weighted by Gasteiger charge is 2.28. The Morgan fingerprint density at radius 1 is 1.27 bits per heavy atom.